The van der Waals surface area contributed by atoms with Crippen molar-refractivity contribution in [2.75, 3.05) is 5.73 Å². The van der Waals surface area contributed by atoms with E-state index in [-0.39, 0.29) is 11.6 Å². The molecule has 0 unspecified atom stereocenters. The quantitative estimate of drug-likeness (QED) is 0.753. The summed E-state index contributed by atoms with van der Waals surface area (Å²) in [7, 11) is 0. The van der Waals surface area contributed by atoms with Gasteiger partial charge in [-0.05, 0) is 6.07 Å². The average molecular weight is 211 g/mol. The van der Waals surface area contributed by atoms with Gasteiger partial charge in [-0.3, -0.25) is 4.79 Å². The Morgan fingerprint density at radius 1 is 1.43 bits per heavy atom. The molecule has 2 aromatic rings. The first-order valence-electron chi connectivity index (χ1n) is 3.87. The van der Waals surface area contributed by atoms with Gasteiger partial charge in [-0.1, -0.05) is 23.7 Å². The van der Waals surface area contributed by atoms with Crippen LogP contribution in [0.5, 0.6) is 0 Å². The number of carbonyl (C=O) groups excluding carboxylic acids is 1. The third-order valence-corrected chi connectivity index (χ3v) is 2.26. The molecule has 0 aliphatic carbocycles. The van der Waals surface area contributed by atoms with Crippen molar-refractivity contribution in [2.24, 2.45) is 5.73 Å². The molecule has 4 nitrogen and oxygen atoms in total. The van der Waals surface area contributed by atoms with Crippen LogP contribution in [0.2, 0.25) is 5.02 Å². The SMILES string of the molecule is NC(=O)c1oc(N)c2c(Cl)cccc12. The second-order valence-corrected chi connectivity index (χ2v) is 3.23. The Balaban J connectivity index is 2.91. The van der Waals surface area contributed by atoms with E-state index in [2.05, 4.69) is 0 Å². The van der Waals surface area contributed by atoms with Crippen LogP contribution >= 0.6 is 11.6 Å². The molecule has 0 radical (unpaired) electrons. The number of benzene rings is 1. The molecule has 0 aliphatic heterocycles. The molecule has 0 saturated carbocycles. The summed E-state index contributed by atoms with van der Waals surface area (Å²) in [6.45, 7) is 0. The van der Waals surface area contributed by atoms with Crippen molar-refractivity contribution in [2.45, 2.75) is 0 Å². The van der Waals surface area contributed by atoms with Gasteiger partial charge in [0.05, 0.1) is 10.4 Å². The number of fused-ring (bicyclic) bond motifs is 1. The lowest BCUT2D eigenvalue weighted by atomic mass is 10.2. The zero-order valence-corrected chi connectivity index (χ0v) is 7.84. The highest BCUT2D eigenvalue weighted by molar-refractivity contribution is 6.37. The zero-order valence-electron chi connectivity index (χ0n) is 7.08. The van der Waals surface area contributed by atoms with Gasteiger partial charge in [-0.25, -0.2) is 0 Å². The molecule has 4 N–H and O–H groups in total. The fraction of sp³-hybridized carbons (Fsp3) is 0. The molecule has 5 heteroatoms. The molecule has 2 rings (SSSR count). The monoisotopic (exact) mass is 210 g/mol. The smallest absolute Gasteiger partial charge is 0.285 e. The van der Waals surface area contributed by atoms with E-state index in [4.69, 9.17) is 27.5 Å². The molecule has 0 bridgehead atoms. The number of furan rings is 1. The first-order chi connectivity index (χ1) is 6.61. The zero-order chi connectivity index (χ0) is 10.3. The summed E-state index contributed by atoms with van der Waals surface area (Å²) in [6.07, 6.45) is 0. The summed E-state index contributed by atoms with van der Waals surface area (Å²) in [5, 5.41) is 1.52. The maximum atomic E-state index is 11.0. The average Bonchev–Trinajstić information content (AvgIpc) is 2.45. The van der Waals surface area contributed by atoms with Crippen LogP contribution in [-0.2, 0) is 0 Å². The number of carbonyl (C=O) groups is 1. The summed E-state index contributed by atoms with van der Waals surface area (Å²) in [6, 6.07) is 5.05. The minimum Gasteiger partial charge on any atom is -0.434 e. The van der Waals surface area contributed by atoms with Crippen molar-refractivity contribution < 1.29 is 9.21 Å². The molecule has 72 valence electrons. The number of nitrogen functional groups attached to an aromatic ring is 1. The minimum atomic E-state index is -0.658. The lowest BCUT2D eigenvalue weighted by molar-refractivity contribution is 0.0977. The molecule has 0 saturated heterocycles. The second-order valence-electron chi connectivity index (χ2n) is 2.82. The number of primary amides is 1. The molecule has 1 aromatic heterocycles. The summed E-state index contributed by atoms with van der Waals surface area (Å²) >= 11 is 5.89. The molecule has 0 atom stereocenters. The van der Waals surface area contributed by atoms with Crippen LogP contribution in [0, 0.1) is 0 Å². The van der Waals surface area contributed by atoms with Crippen LogP contribution < -0.4 is 11.5 Å². The van der Waals surface area contributed by atoms with Gasteiger partial charge in [0.15, 0.2) is 0 Å². The predicted molar refractivity (Wildman–Crippen MR) is 54.2 cm³/mol. The molecule has 14 heavy (non-hydrogen) atoms. The van der Waals surface area contributed by atoms with Gasteiger partial charge in [0.2, 0.25) is 11.6 Å². The topological polar surface area (TPSA) is 82.2 Å². The van der Waals surface area contributed by atoms with Crippen LogP contribution in [0.1, 0.15) is 10.6 Å². The number of rotatable bonds is 1. The van der Waals surface area contributed by atoms with E-state index in [0.717, 1.165) is 0 Å². The maximum Gasteiger partial charge on any atom is 0.285 e. The molecule has 1 aromatic carbocycles. The van der Waals surface area contributed by atoms with Crippen molar-refractivity contribution in [3.05, 3.63) is 29.0 Å². The summed E-state index contributed by atoms with van der Waals surface area (Å²) < 4.78 is 5.03. The van der Waals surface area contributed by atoms with Crippen molar-refractivity contribution in [1.29, 1.82) is 0 Å². The molecule has 1 amide bonds. The fourth-order valence-corrected chi connectivity index (χ4v) is 1.63. The van der Waals surface area contributed by atoms with E-state index in [1.54, 1.807) is 18.2 Å². The van der Waals surface area contributed by atoms with Gasteiger partial charge in [0.1, 0.15) is 0 Å². The number of hydrogen-bond acceptors (Lipinski definition) is 3. The van der Waals surface area contributed by atoms with E-state index in [0.29, 0.717) is 15.8 Å². The van der Waals surface area contributed by atoms with Gasteiger partial charge in [-0.15, -0.1) is 0 Å². The van der Waals surface area contributed by atoms with E-state index >= 15 is 0 Å². The summed E-state index contributed by atoms with van der Waals surface area (Å²) in [4.78, 5) is 11.0. The third kappa shape index (κ3) is 1.12. The van der Waals surface area contributed by atoms with Crippen molar-refractivity contribution >= 4 is 34.2 Å². The van der Waals surface area contributed by atoms with Gasteiger partial charge < -0.3 is 15.9 Å². The van der Waals surface area contributed by atoms with Crippen LogP contribution in [0.25, 0.3) is 10.8 Å². The predicted octanol–water partition coefficient (Wildman–Crippen LogP) is 1.77. The summed E-state index contributed by atoms with van der Waals surface area (Å²) in [5.74, 6) is -0.506. The van der Waals surface area contributed by atoms with Crippen molar-refractivity contribution in [1.82, 2.24) is 0 Å². The van der Waals surface area contributed by atoms with Gasteiger partial charge in [-0.2, -0.15) is 0 Å². The van der Waals surface area contributed by atoms with E-state index < -0.39 is 5.91 Å². The third-order valence-electron chi connectivity index (χ3n) is 1.94. The maximum absolute atomic E-state index is 11.0. The highest BCUT2D eigenvalue weighted by atomic mass is 35.5. The van der Waals surface area contributed by atoms with Crippen LogP contribution in [0.4, 0.5) is 5.88 Å². The normalized spacial score (nSPS) is 10.6. The molecule has 0 fully saturated rings. The van der Waals surface area contributed by atoms with Crippen LogP contribution in [0.3, 0.4) is 0 Å². The highest BCUT2D eigenvalue weighted by Crippen LogP contribution is 2.33. The number of anilines is 1. The number of amides is 1. The molecular weight excluding hydrogens is 204 g/mol. The Labute approximate surface area is 84.4 Å². The van der Waals surface area contributed by atoms with Gasteiger partial charge >= 0.3 is 0 Å². The fourth-order valence-electron chi connectivity index (χ4n) is 1.36. The molecule has 0 aliphatic rings. The minimum absolute atomic E-state index is 0.0417. The Morgan fingerprint density at radius 3 is 2.79 bits per heavy atom. The molecule has 0 spiro atoms. The second kappa shape index (κ2) is 2.92. The van der Waals surface area contributed by atoms with Crippen LogP contribution in [-0.4, -0.2) is 5.91 Å². The first kappa shape index (κ1) is 8.90. The van der Waals surface area contributed by atoms with E-state index in [1.165, 1.54) is 0 Å². The molecule has 1 heterocycles. The van der Waals surface area contributed by atoms with E-state index in [9.17, 15) is 4.79 Å². The number of halogens is 1. The lowest BCUT2D eigenvalue weighted by Crippen LogP contribution is -2.09. The summed E-state index contributed by atoms with van der Waals surface area (Å²) in [5.41, 5.74) is 10.7. The first-order valence-corrected chi connectivity index (χ1v) is 4.25. The largest absolute Gasteiger partial charge is 0.434 e. The van der Waals surface area contributed by atoms with E-state index in [1.807, 2.05) is 0 Å². The Bertz CT molecular complexity index is 519. The Morgan fingerprint density at radius 2 is 2.14 bits per heavy atom. The van der Waals surface area contributed by atoms with Gasteiger partial charge in [0.25, 0.3) is 5.91 Å². The van der Waals surface area contributed by atoms with Crippen LogP contribution in [0.15, 0.2) is 22.6 Å². The Kier molecular flexibility index (Phi) is 1.86. The van der Waals surface area contributed by atoms with Crippen molar-refractivity contribution in [3.8, 4) is 0 Å². The lowest BCUT2D eigenvalue weighted by Gasteiger charge is -1.92. The van der Waals surface area contributed by atoms with Crippen molar-refractivity contribution in [3.63, 3.8) is 0 Å². The Hall–Kier alpha value is -1.68. The highest BCUT2D eigenvalue weighted by Gasteiger charge is 2.16. The standard InChI is InChI=1S/C9H7ClN2O2/c10-5-3-1-2-4-6(5)9(12)14-7(4)8(11)13/h1-3H,12H2,(H2,11,13). The number of hydrogen-bond donors (Lipinski definition) is 2. The number of nitrogens with two attached hydrogens (primary N) is 2. The van der Waals surface area contributed by atoms with Gasteiger partial charge in [0, 0.05) is 5.39 Å². The molecular formula is C9H7ClN2O2.